The number of aromatic carboxylic acids is 2. The number of carboxylic acids is 2. The zero-order valence-electron chi connectivity index (χ0n) is 12.6. The number of hydrogen-bond acceptors (Lipinski definition) is 6. The molecule has 2 aromatic carbocycles. The summed E-state index contributed by atoms with van der Waals surface area (Å²) in [5.41, 5.74) is 1.63. The highest BCUT2D eigenvalue weighted by Crippen LogP contribution is 2.16. The molecule has 0 spiro atoms. The normalized spacial score (nSPS) is 10.6. The summed E-state index contributed by atoms with van der Waals surface area (Å²) in [4.78, 5) is 34.3. The summed E-state index contributed by atoms with van der Waals surface area (Å²) in [7, 11) is 0. The number of nitrogens with one attached hydrogen (secondary N) is 1. The van der Waals surface area contributed by atoms with Crippen molar-refractivity contribution < 1.29 is 24.6 Å². The molecule has 0 aliphatic heterocycles. The van der Waals surface area contributed by atoms with Gasteiger partial charge in [-0.05, 0) is 18.2 Å². The van der Waals surface area contributed by atoms with E-state index < -0.39 is 23.4 Å². The molecule has 0 heterocycles. The van der Waals surface area contributed by atoms with Crippen LogP contribution in [0.2, 0.25) is 0 Å². The van der Waals surface area contributed by atoms with Crippen molar-refractivity contribution in [1.29, 1.82) is 5.26 Å². The topological polar surface area (TPSA) is 140 Å². The van der Waals surface area contributed by atoms with E-state index in [1.165, 1.54) is 12.1 Å². The first-order chi connectivity index (χ1) is 11.9. The molecule has 0 fully saturated rings. The number of nitrogens with zero attached hydrogens (tertiary/aromatic N) is 2. The number of nitriles is 1. The molecular formula is C17H11N3O5. The second-order valence-corrected chi connectivity index (χ2v) is 4.79. The lowest BCUT2D eigenvalue weighted by atomic mass is 10.1. The van der Waals surface area contributed by atoms with E-state index >= 15 is 0 Å². The Morgan fingerprint density at radius 3 is 1.96 bits per heavy atom. The molecule has 0 radical (unpaired) electrons. The molecule has 124 valence electrons. The van der Waals surface area contributed by atoms with Crippen molar-refractivity contribution in [3.8, 4) is 6.07 Å². The number of hydrazone groups is 1. The van der Waals surface area contributed by atoms with Gasteiger partial charge in [-0.3, -0.25) is 10.2 Å². The highest BCUT2D eigenvalue weighted by atomic mass is 16.4. The predicted octanol–water partition coefficient (Wildman–Crippen LogP) is 2.26. The number of carbonyl (C=O) groups excluding carboxylic acids is 1. The molecule has 0 aromatic heterocycles. The Balaban J connectivity index is 2.33. The number of anilines is 1. The summed E-state index contributed by atoms with van der Waals surface area (Å²) in [5, 5.41) is 30.8. The van der Waals surface area contributed by atoms with E-state index in [2.05, 4.69) is 10.5 Å². The summed E-state index contributed by atoms with van der Waals surface area (Å²) in [6.45, 7) is 0. The van der Waals surface area contributed by atoms with E-state index in [1.807, 2.05) is 0 Å². The fourth-order valence-electron chi connectivity index (χ4n) is 1.91. The van der Waals surface area contributed by atoms with Crippen molar-refractivity contribution in [1.82, 2.24) is 0 Å². The van der Waals surface area contributed by atoms with Gasteiger partial charge in [0.1, 0.15) is 6.07 Å². The Bertz CT molecular complexity index is 881. The van der Waals surface area contributed by atoms with Gasteiger partial charge in [0.25, 0.3) is 0 Å². The Labute approximate surface area is 141 Å². The molecule has 2 aromatic rings. The van der Waals surface area contributed by atoms with Crippen LogP contribution < -0.4 is 5.43 Å². The highest BCUT2D eigenvalue weighted by molar-refractivity contribution is 6.51. The smallest absolute Gasteiger partial charge is 0.335 e. The maximum atomic E-state index is 12.2. The lowest BCUT2D eigenvalue weighted by Crippen LogP contribution is -2.14. The molecule has 0 saturated heterocycles. The fourth-order valence-corrected chi connectivity index (χ4v) is 1.91. The molecule has 8 heteroatoms. The zero-order chi connectivity index (χ0) is 18.4. The van der Waals surface area contributed by atoms with Crippen LogP contribution in [0.3, 0.4) is 0 Å². The van der Waals surface area contributed by atoms with Crippen LogP contribution in [0, 0.1) is 11.3 Å². The lowest BCUT2D eigenvalue weighted by Gasteiger charge is -2.05. The lowest BCUT2D eigenvalue weighted by molar-refractivity contribution is 0.0696. The van der Waals surface area contributed by atoms with E-state index in [9.17, 15) is 14.4 Å². The van der Waals surface area contributed by atoms with E-state index in [0.29, 0.717) is 0 Å². The Kier molecular flexibility index (Phi) is 5.22. The average molecular weight is 337 g/mol. The third-order valence-corrected chi connectivity index (χ3v) is 3.08. The number of carbonyl (C=O) groups is 3. The van der Waals surface area contributed by atoms with Gasteiger partial charge < -0.3 is 10.2 Å². The van der Waals surface area contributed by atoms with Crippen molar-refractivity contribution in [3.05, 3.63) is 65.2 Å². The maximum Gasteiger partial charge on any atom is 0.335 e. The number of carboxylic acid groups (broad SMARTS) is 2. The van der Waals surface area contributed by atoms with E-state index in [0.717, 1.165) is 18.2 Å². The molecule has 0 bridgehead atoms. The van der Waals surface area contributed by atoms with Crippen molar-refractivity contribution in [2.75, 3.05) is 5.43 Å². The van der Waals surface area contributed by atoms with Gasteiger partial charge >= 0.3 is 11.9 Å². The van der Waals surface area contributed by atoms with Crippen LogP contribution in [0.25, 0.3) is 0 Å². The minimum atomic E-state index is -1.32. The van der Waals surface area contributed by atoms with Crippen LogP contribution in [0.4, 0.5) is 5.69 Å². The Morgan fingerprint density at radius 1 is 0.920 bits per heavy atom. The van der Waals surface area contributed by atoms with Crippen molar-refractivity contribution in [3.63, 3.8) is 0 Å². The van der Waals surface area contributed by atoms with Gasteiger partial charge in [-0.25, -0.2) is 9.59 Å². The van der Waals surface area contributed by atoms with Crippen molar-refractivity contribution >= 4 is 29.1 Å². The monoisotopic (exact) mass is 337 g/mol. The van der Waals surface area contributed by atoms with Gasteiger partial charge in [-0.2, -0.15) is 10.4 Å². The molecule has 0 aliphatic rings. The maximum absolute atomic E-state index is 12.2. The minimum Gasteiger partial charge on any atom is -0.478 e. The first kappa shape index (κ1) is 17.4. The van der Waals surface area contributed by atoms with Gasteiger partial charge in [0.05, 0.1) is 16.8 Å². The average Bonchev–Trinajstić information content (AvgIpc) is 2.62. The number of rotatable bonds is 6. The first-order valence-corrected chi connectivity index (χ1v) is 6.87. The van der Waals surface area contributed by atoms with Crippen LogP contribution in [0.5, 0.6) is 0 Å². The standard InChI is InChI=1S/C17H11N3O5/c18-9-14(15(21)10-4-2-1-3-5-10)20-19-13-7-11(16(22)23)6-12(8-13)17(24)25/h1-8,19H,(H,22,23)(H,24,25)/b20-14+. The van der Waals surface area contributed by atoms with Gasteiger partial charge in [0.2, 0.25) is 11.5 Å². The first-order valence-electron chi connectivity index (χ1n) is 6.87. The SMILES string of the molecule is N#C/C(=N\Nc1cc(C(=O)O)cc(C(=O)O)c1)C(=O)c1ccccc1. The van der Waals surface area contributed by atoms with E-state index in [-0.39, 0.29) is 22.4 Å². The van der Waals surface area contributed by atoms with Crippen LogP contribution in [-0.4, -0.2) is 33.6 Å². The molecule has 8 nitrogen and oxygen atoms in total. The molecule has 0 amide bonds. The molecule has 25 heavy (non-hydrogen) atoms. The molecular weight excluding hydrogens is 326 g/mol. The molecule has 0 aliphatic carbocycles. The Morgan fingerprint density at radius 2 is 1.48 bits per heavy atom. The summed E-state index contributed by atoms with van der Waals surface area (Å²) in [6, 6.07) is 12.9. The second-order valence-electron chi connectivity index (χ2n) is 4.79. The van der Waals surface area contributed by atoms with Crippen LogP contribution >= 0.6 is 0 Å². The Hall–Kier alpha value is -3.99. The van der Waals surface area contributed by atoms with Crippen molar-refractivity contribution in [2.45, 2.75) is 0 Å². The van der Waals surface area contributed by atoms with Gasteiger partial charge in [-0.1, -0.05) is 30.3 Å². The van der Waals surface area contributed by atoms with Gasteiger partial charge in [-0.15, -0.1) is 0 Å². The van der Waals surface area contributed by atoms with Crippen LogP contribution in [0.1, 0.15) is 31.1 Å². The van der Waals surface area contributed by atoms with E-state index in [1.54, 1.807) is 24.3 Å². The summed E-state index contributed by atoms with van der Waals surface area (Å²) in [5.74, 6) is -3.27. The zero-order valence-corrected chi connectivity index (χ0v) is 12.6. The third-order valence-electron chi connectivity index (χ3n) is 3.08. The molecule has 3 N–H and O–H groups in total. The number of hydrogen-bond donors (Lipinski definition) is 3. The summed E-state index contributed by atoms with van der Waals surface area (Å²) in [6.07, 6.45) is 0. The van der Waals surface area contributed by atoms with Crippen LogP contribution in [0.15, 0.2) is 53.6 Å². The quantitative estimate of drug-likeness (QED) is 0.417. The van der Waals surface area contributed by atoms with Crippen molar-refractivity contribution in [2.24, 2.45) is 5.10 Å². The minimum absolute atomic E-state index is 0.0194. The van der Waals surface area contributed by atoms with E-state index in [4.69, 9.17) is 15.5 Å². The highest BCUT2D eigenvalue weighted by Gasteiger charge is 2.15. The largest absolute Gasteiger partial charge is 0.478 e. The fraction of sp³-hybridized carbons (Fsp3) is 0. The molecule has 2 rings (SSSR count). The van der Waals surface area contributed by atoms with Gasteiger partial charge in [0, 0.05) is 5.56 Å². The number of Topliss-reactive ketones (excluding diaryl/α,β-unsaturated/α-hetero) is 1. The second kappa shape index (κ2) is 7.52. The third kappa shape index (κ3) is 4.27. The molecule has 0 saturated carbocycles. The summed E-state index contributed by atoms with van der Waals surface area (Å²) >= 11 is 0. The molecule has 0 atom stereocenters. The number of benzene rings is 2. The predicted molar refractivity (Wildman–Crippen MR) is 87.8 cm³/mol. The van der Waals surface area contributed by atoms with Gasteiger partial charge in [0.15, 0.2) is 0 Å². The number of ketones is 1. The van der Waals surface area contributed by atoms with Crippen LogP contribution in [-0.2, 0) is 0 Å². The summed E-state index contributed by atoms with van der Waals surface area (Å²) < 4.78 is 0. The molecule has 0 unspecified atom stereocenters.